The maximum atomic E-state index is 11.7. The minimum Gasteiger partial charge on any atom is -0.489 e. The van der Waals surface area contributed by atoms with Gasteiger partial charge in [0.05, 0.1) is 18.9 Å². The van der Waals surface area contributed by atoms with Crippen molar-refractivity contribution in [1.82, 2.24) is 9.97 Å². The zero-order valence-electron chi connectivity index (χ0n) is 11.8. The average molecular weight is 281 g/mol. The molecule has 0 amide bonds. The molecule has 0 saturated carbocycles. The zero-order chi connectivity index (χ0) is 14.9. The Kier molecular flexibility index (Phi) is 3.69. The highest BCUT2D eigenvalue weighted by Gasteiger charge is 2.48. The number of aromatic amines is 1. The Hall–Kier alpha value is -2.05. The number of hydrogen-bond acceptors (Lipinski definition) is 5. The molecule has 1 aromatic heterocycles. The maximum Gasteiger partial charge on any atom is 0.311 e. The second kappa shape index (κ2) is 5.15. The molecule has 20 heavy (non-hydrogen) atoms. The van der Waals surface area contributed by atoms with Crippen LogP contribution in [-0.4, -0.2) is 41.2 Å². The summed E-state index contributed by atoms with van der Waals surface area (Å²) in [6.45, 7) is 4.67. The van der Waals surface area contributed by atoms with Crippen LogP contribution in [0.25, 0.3) is 0 Å². The van der Waals surface area contributed by atoms with Gasteiger partial charge in [-0.15, -0.1) is 0 Å². The first kappa shape index (κ1) is 14.4. The Morgan fingerprint density at radius 2 is 2.30 bits per heavy atom. The van der Waals surface area contributed by atoms with E-state index in [1.54, 1.807) is 0 Å². The number of nitrogens with zero attached hydrogens (tertiary/aromatic N) is 2. The van der Waals surface area contributed by atoms with Gasteiger partial charge >= 0.3 is 5.97 Å². The maximum absolute atomic E-state index is 11.7. The van der Waals surface area contributed by atoms with Crippen molar-refractivity contribution in [3.63, 3.8) is 0 Å². The molecule has 110 valence electrons. The molecule has 0 radical (unpaired) electrons. The minimum atomic E-state index is -0.810. The van der Waals surface area contributed by atoms with Crippen molar-refractivity contribution < 1.29 is 14.6 Å². The first-order valence-corrected chi connectivity index (χ1v) is 6.52. The molecule has 1 unspecified atom stereocenters. The van der Waals surface area contributed by atoms with Crippen LogP contribution in [0.2, 0.25) is 0 Å². The standard InChI is InChI=1S/C13H19N3O4/c1-8(2)13(12(18)19)4-5-16(6-13)10-9(20-3)11(17)15-7-14-10/h7-8H,4-6H2,1-3H3,(H,18,19)(H,14,15,17). The summed E-state index contributed by atoms with van der Waals surface area (Å²) < 4.78 is 5.08. The Bertz CT molecular complexity index is 569. The van der Waals surface area contributed by atoms with Crippen molar-refractivity contribution in [1.29, 1.82) is 0 Å². The van der Waals surface area contributed by atoms with E-state index >= 15 is 0 Å². The van der Waals surface area contributed by atoms with Crippen LogP contribution >= 0.6 is 0 Å². The van der Waals surface area contributed by atoms with Gasteiger partial charge in [0.2, 0.25) is 5.75 Å². The number of methoxy groups -OCH3 is 1. The van der Waals surface area contributed by atoms with E-state index in [-0.39, 0.29) is 17.2 Å². The molecule has 1 atom stereocenters. The summed E-state index contributed by atoms with van der Waals surface area (Å²) in [7, 11) is 1.40. The molecular weight excluding hydrogens is 262 g/mol. The van der Waals surface area contributed by atoms with E-state index in [9.17, 15) is 14.7 Å². The van der Waals surface area contributed by atoms with Gasteiger partial charge < -0.3 is 19.7 Å². The van der Waals surface area contributed by atoms with Crippen LogP contribution in [0, 0.1) is 11.3 Å². The Balaban J connectivity index is 2.37. The number of nitrogens with one attached hydrogen (secondary N) is 1. The van der Waals surface area contributed by atoms with E-state index in [1.165, 1.54) is 13.4 Å². The third kappa shape index (κ3) is 2.13. The summed E-state index contributed by atoms with van der Waals surface area (Å²) in [5, 5.41) is 9.53. The lowest BCUT2D eigenvalue weighted by Crippen LogP contribution is -2.39. The monoisotopic (exact) mass is 281 g/mol. The molecule has 1 aliphatic rings. The van der Waals surface area contributed by atoms with Gasteiger partial charge in [0, 0.05) is 13.1 Å². The minimum absolute atomic E-state index is 0.00186. The van der Waals surface area contributed by atoms with Gasteiger partial charge in [0.1, 0.15) is 0 Å². The fraction of sp³-hybridized carbons (Fsp3) is 0.615. The number of aromatic nitrogens is 2. The van der Waals surface area contributed by atoms with Crippen molar-refractivity contribution in [2.45, 2.75) is 20.3 Å². The largest absolute Gasteiger partial charge is 0.489 e. The van der Waals surface area contributed by atoms with Crippen LogP contribution in [0.4, 0.5) is 5.82 Å². The summed E-state index contributed by atoms with van der Waals surface area (Å²) >= 11 is 0. The molecule has 2 rings (SSSR count). The van der Waals surface area contributed by atoms with Crippen LogP contribution in [0.1, 0.15) is 20.3 Å². The van der Waals surface area contributed by atoms with Crippen LogP contribution in [0.15, 0.2) is 11.1 Å². The van der Waals surface area contributed by atoms with Crippen molar-refractivity contribution in [3.8, 4) is 5.75 Å². The molecule has 1 fully saturated rings. The van der Waals surface area contributed by atoms with Crippen molar-refractivity contribution in [3.05, 3.63) is 16.7 Å². The number of carbonyl (C=O) groups is 1. The molecule has 1 saturated heterocycles. The van der Waals surface area contributed by atoms with Crippen LogP contribution in [0.3, 0.4) is 0 Å². The normalized spacial score (nSPS) is 22.3. The molecular formula is C13H19N3O4. The second-order valence-corrected chi connectivity index (χ2v) is 5.38. The number of hydrogen-bond donors (Lipinski definition) is 2. The van der Waals surface area contributed by atoms with Crippen molar-refractivity contribution >= 4 is 11.8 Å². The molecule has 0 spiro atoms. The Morgan fingerprint density at radius 1 is 1.60 bits per heavy atom. The zero-order valence-corrected chi connectivity index (χ0v) is 11.8. The van der Waals surface area contributed by atoms with Gasteiger partial charge in [-0.2, -0.15) is 0 Å². The fourth-order valence-electron chi connectivity index (χ4n) is 2.69. The van der Waals surface area contributed by atoms with E-state index < -0.39 is 11.4 Å². The summed E-state index contributed by atoms with van der Waals surface area (Å²) in [4.78, 5) is 31.7. The lowest BCUT2D eigenvalue weighted by Gasteiger charge is -2.29. The van der Waals surface area contributed by atoms with Crippen LogP contribution in [0.5, 0.6) is 5.75 Å². The van der Waals surface area contributed by atoms with E-state index in [0.717, 1.165) is 0 Å². The van der Waals surface area contributed by atoms with Crippen LogP contribution in [-0.2, 0) is 4.79 Å². The Labute approximate surface area is 116 Å². The van der Waals surface area contributed by atoms with Crippen molar-refractivity contribution in [2.24, 2.45) is 11.3 Å². The van der Waals surface area contributed by atoms with Gasteiger partial charge in [-0.25, -0.2) is 4.98 Å². The van der Waals surface area contributed by atoms with E-state index in [0.29, 0.717) is 25.3 Å². The van der Waals surface area contributed by atoms with Gasteiger partial charge in [-0.1, -0.05) is 13.8 Å². The summed E-state index contributed by atoms with van der Waals surface area (Å²) in [6.07, 6.45) is 1.83. The van der Waals surface area contributed by atoms with Gasteiger partial charge in [0.25, 0.3) is 5.56 Å². The Morgan fingerprint density at radius 3 is 2.80 bits per heavy atom. The molecule has 1 aliphatic heterocycles. The predicted octanol–water partition coefficient (Wildman–Crippen LogP) is 0.716. The van der Waals surface area contributed by atoms with Gasteiger partial charge in [-0.3, -0.25) is 9.59 Å². The van der Waals surface area contributed by atoms with Gasteiger partial charge in [0.15, 0.2) is 5.82 Å². The first-order valence-electron chi connectivity index (χ1n) is 6.52. The lowest BCUT2D eigenvalue weighted by molar-refractivity contribution is -0.150. The summed E-state index contributed by atoms with van der Waals surface area (Å²) in [5.74, 6) is -0.283. The predicted molar refractivity (Wildman–Crippen MR) is 73.1 cm³/mol. The highest BCUT2D eigenvalue weighted by molar-refractivity contribution is 5.77. The molecule has 7 nitrogen and oxygen atoms in total. The van der Waals surface area contributed by atoms with E-state index in [4.69, 9.17) is 4.74 Å². The number of anilines is 1. The summed E-state index contributed by atoms with van der Waals surface area (Å²) in [6, 6.07) is 0. The number of carboxylic acid groups (broad SMARTS) is 1. The molecule has 2 heterocycles. The molecule has 7 heteroatoms. The number of H-pyrrole nitrogens is 1. The second-order valence-electron chi connectivity index (χ2n) is 5.38. The third-order valence-electron chi connectivity index (χ3n) is 4.13. The third-order valence-corrected chi connectivity index (χ3v) is 4.13. The highest BCUT2D eigenvalue weighted by atomic mass is 16.5. The number of carboxylic acids is 1. The summed E-state index contributed by atoms with van der Waals surface area (Å²) in [5.41, 5.74) is -1.18. The number of ether oxygens (including phenoxy) is 1. The van der Waals surface area contributed by atoms with E-state index in [1.807, 2.05) is 18.7 Å². The highest BCUT2D eigenvalue weighted by Crippen LogP contribution is 2.40. The molecule has 1 aromatic rings. The smallest absolute Gasteiger partial charge is 0.311 e. The molecule has 0 aliphatic carbocycles. The van der Waals surface area contributed by atoms with Crippen molar-refractivity contribution in [2.75, 3.05) is 25.1 Å². The topological polar surface area (TPSA) is 95.5 Å². The molecule has 0 aromatic carbocycles. The average Bonchev–Trinajstić information content (AvgIpc) is 2.84. The molecule has 2 N–H and O–H groups in total. The number of rotatable bonds is 4. The van der Waals surface area contributed by atoms with Crippen LogP contribution < -0.4 is 15.2 Å². The van der Waals surface area contributed by atoms with E-state index in [2.05, 4.69) is 9.97 Å². The number of aliphatic carboxylic acids is 1. The first-order chi connectivity index (χ1) is 9.42. The van der Waals surface area contributed by atoms with Gasteiger partial charge in [-0.05, 0) is 12.3 Å². The fourth-order valence-corrected chi connectivity index (χ4v) is 2.69. The molecule has 0 bridgehead atoms. The lowest BCUT2D eigenvalue weighted by atomic mass is 9.76. The SMILES string of the molecule is COc1c(N2CCC(C(=O)O)(C(C)C)C2)nc[nH]c1=O. The quantitative estimate of drug-likeness (QED) is 0.844.